The molecule has 1 aliphatic heterocycles. The fourth-order valence-corrected chi connectivity index (χ4v) is 2.75. The molecule has 0 unspecified atom stereocenters. The maximum absolute atomic E-state index is 12.6. The van der Waals surface area contributed by atoms with Crippen LogP contribution in [-0.2, 0) is 11.8 Å². The molecule has 3 aromatic rings. The monoisotopic (exact) mass is 337 g/mol. The quantitative estimate of drug-likeness (QED) is 0.767. The van der Waals surface area contributed by atoms with Crippen molar-refractivity contribution in [3.63, 3.8) is 0 Å². The maximum atomic E-state index is 12.6. The fraction of sp³-hybridized carbons (Fsp3) is 0.176. The maximum Gasteiger partial charge on any atom is 0.264 e. The van der Waals surface area contributed by atoms with Crippen LogP contribution in [0.1, 0.15) is 10.4 Å². The van der Waals surface area contributed by atoms with E-state index in [1.54, 1.807) is 44.4 Å². The molecule has 0 saturated carbocycles. The lowest BCUT2D eigenvalue weighted by molar-refractivity contribution is -0.120. The predicted molar refractivity (Wildman–Crippen MR) is 91.8 cm³/mol. The van der Waals surface area contributed by atoms with Gasteiger partial charge in [-0.05, 0) is 30.3 Å². The summed E-state index contributed by atoms with van der Waals surface area (Å²) >= 11 is 0. The highest BCUT2D eigenvalue weighted by atomic mass is 16.5. The van der Waals surface area contributed by atoms with Gasteiger partial charge >= 0.3 is 0 Å². The summed E-state index contributed by atoms with van der Waals surface area (Å²) in [5.74, 6) is 0.122. The van der Waals surface area contributed by atoms with E-state index in [0.717, 1.165) is 0 Å². The smallest absolute Gasteiger partial charge is 0.264 e. The number of amides is 2. The third-order valence-corrected chi connectivity index (χ3v) is 4.07. The van der Waals surface area contributed by atoms with Gasteiger partial charge in [-0.25, -0.2) is 0 Å². The van der Waals surface area contributed by atoms with E-state index in [-0.39, 0.29) is 18.4 Å². The lowest BCUT2D eigenvalue weighted by atomic mass is 10.1. The Balaban J connectivity index is 1.66. The van der Waals surface area contributed by atoms with Gasteiger partial charge in [0.1, 0.15) is 16.8 Å². The molecule has 2 amide bonds. The van der Waals surface area contributed by atoms with Gasteiger partial charge in [-0.1, -0.05) is 6.07 Å². The number of anilines is 2. The molecule has 1 aliphatic rings. The molecule has 2 heterocycles. The predicted octanol–water partition coefficient (Wildman–Crippen LogP) is 1.58. The van der Waals surface area contributed by atoms with Gasteiger partial charge in [-0.3, -0.25) is 9.59 Å². The van der Waals surface area contributed by atoms with Gasteiger partial charge in [0, 0.05) is 19.7 Å². The molecule has 0 fully saturated rings. The number of carbonyl (C=O) groups is 2. The minimum Gasteiger partial charge on any atom is -0.482 e. The van der Waals surface area contributed by atoms with Crippen LogP contribution in [0.15, 0.2) is 36.4 Å². The molecule has 25 heavy (non-hydrogen) atoms. The number of aromatic nitrogens is 3. The fourth-order valence-electron chi connectivity index (χ4n) is 2.75. The number of ether oxygens (including phenoxy) is 1. The molecule has 1 aromatic heterocycles. The average Bonchev–Trinajstić information content (AvgIpc) is 2.99. The summed E-state index contributed by atoms with van der Waals surface area (Å²) in [6, 6.07) is 10.4. The van der Waals surface area contributed by atoms with Gasteiger partial charge in [0.25, 0.3) is 11.8 Å². The number of rotatable bonds is 2. The standard InChI is InChI=1S/C17H15N5O3/c1-21-13-8-10(6-7-14(13)25-9-15(21)23)17(24)18-11-4-3-5-12-16(11)20-22(2)19-12/h3-8H,9H2,1-2H3,(H,18,24). The number of nitrogens with one attached hydrogen (secondary N) is 1. The van der Waals surface area contributed by atoms with Gasteiger partial charge in [-0.15, -0.1) is 0 Å². The molecule has 4 rings (SSSR count). The van der Waals surface area contributed by atoms with Crippen molar-refractivity contribution >= 4 is 34.2 Å². The molecule has 126 valence electrons. The first-order chi connectivity index (χ1) is 12.0. The van der Waals surface area contributed by atoms with Crippen LogP contribution in [-0.4, -0.2) is 40.5 Å². The third kappa shape index (κ3) is 2.57. The number of aryl methyl sites for hydroxylation is 1. The first-order valence-corrected chi connectivity index (χ1v) is 7.68. The summed E-state index contributed by atoms with van der Waals surface area (Å²) in [7, 11) is 3.38. The zero-order valence-electron chi connectivity index (χ0n) is 13.7. The van der Waals surface area contributed by atoms with Gasteiger partial charge < -0.3 is 15.0 Å². The molecular formula is C17H15N5O3. The van der Waals surface area contributed by atoms with Gasteiger partial charge in [-0.2, -0.15) is 15.0 Å². The van der Waals surface area contributed by atoms with Gasteiger partial charge in [0.15, 0.2) is 6.61 Å². The third-order valence-electron chi connectivity index (χ3n) is 4.07. The summed E-state index contributed by atoms with van der Waals surface area (Å²) in [4.78, 5) is 27.3. The number of likely N-dealkylation sites (N-methyl/N-ethyl adjacent to an activating group) is 1. The minimum atomic E-state index is -0.299. The second kappa shape index (κ2) is 5.59. The summed E-state index contributed by atoms with van der Waals surface area (Å²) in [6.45, 7) is 0.00369. The Hall–Kier alpha value is -3.42. The van der Waals surface area contributed by atoms with Crippen LogP contribution < -0.4 is 15.0 Å². The number of carbonyl (C=O) groups excluding carboxylic acids is 2. The van der Waals surface area contributed by atoms with E-state index in [9.17, 15) is 9.59 Å². The second-order valence-corrected chi connectivity index (χ2v) is 5.74. The highest BCUT2D eigenvalue weighted by Crippen LogP contribution is 2.32. The topological polar surface area (TPSA) is 89.4 Å². The van der Waals surface area contributed by atoms with Gasteiger partial charge in [0.2, 0.25) is 0 Å². The molecule has 2 aromatic carbocycles. The Morgan fingerprint density at radius 3 is 2.88 bits per heavy atom. The van der Waals surface area contributed by atoms with Crippen LogP contribution >= 0.6 is 0 Å². The van der Waals surface area contributed by atoms with Crippen molar-refractivity contribution in [3.8, 4) is 5.75 Å². The molecule has 0 aliphatic carbocycles. The molecule has 8 nitrogen and oxygen atoms in total. The molecule has 8 heteroatoms. The van der Waals surface area contributed by atoms with Crippen molar-refractivity contribution in [1.29, 1.82) is 0 Å². The van der Waals surface area contributed by atoms with Crippen molar-refractivity contribution in [1.82, 2.24) is 15.0 Å². The van der Waals surface area contributed by atoms with Crippen LogP contribution in [0.3, 0.4) is 0 Å². The Morgan fingerprint density at radius 2 is 2.04 bits per heavy atom. The molecule has 1 N–H and O–H groups in total. The number of nitrogens with zero attached hydrogens (tertiary/aromatic N) is 4. The highest BCUT2D eigenvalue weighted by Gasteiger charge is 2.23. The zero-order chi connectivity index (χ0) is 17.6. The van der Waals surface area contributed by atoms with Crippen molar-refractivity contribution in [3.05, 3.63) is 42.0 Å². The molecule has 0 spiro atoms. The SMILES string of the molecule is CN1C(=O)COc2ccc(C(=O)Nc3cccc4nn(C)nc34)cc21. The van der Waals surface area contributed by atoms with E-state index >= 15 is 0 Å². The lowest BCUT2D eigenvalue weighted by Gasteiger charge is -2.26. The first-order valence-electron chi connectivity index (χ1n) is 7.68. The summed E-state index contributed by atoms with van der Waals surface area (Å²) in [5.41, 5.74) is 2.89. The number of fused-ring (bicyclic) bond motifs is 2. The Labute approximate surface area is 143 Å². The molecule has 0 saturated heterocycles. The molecule has 0 atom stereocenters. The molecule has 0 radical (unpaired) electrons. The number of hydrogen-bond donors (Lipinski definition) is 1. The van der Waals surface area contributed by atoms with E-state index in [2.05, 4.69) is 15.5 Å². The van der Waals surface area contributed by atoms with E-state index < -0.39 is 0 Å². The van der Waals surface area contributed by atoms with Gasteiger partial charge in [0.05, 0.1) is 11.4 Å². The van der Waals surface area contributed by atoms with Crippen molar-refractivity contribution in [2.24, 2.45) is 7.05 Å². The van der Waals surface area contributed by atoms with Crippen LogP contribution in [0.25, 0.3) is 11.0 Å². The van der Waals surface area contributed by atoms with Crippen molar-refractivity contribution in [2.75, 3.05) is 23.9 Å². The van der Waals surface area contributed by atoms with Crippen molar-refractivity contribution in [2.45, 2.75) is 0 Å². The molecular weight excluding hydrogens is 322 g/mol. The number of hydrogen-bond acceptors (Lipinski definition) is 5. The minimum absolute atomic E-state index is 0.00369. The average molecular weight is 337 g/mol. The van der Waals surface area contributed by atoms with Crippen LogP contribution in [0.5, 0.6) is 5.75 Å². The summed E-state index contributed by atoms with van der Waals surface area (Å²) in [5, 5.41) is 11.3. The normalized spacial score (nSPS) is 13.5. The Kier molecular flexibility index (Phi) is 3.38. The largest absolute Gasteiger partial charge is 0.482 e. The first kappa shape index (κ1) is 15.1. The van der Waals surface area contributed by atoms with Crippen LogP contribution in [0, 0.1) is 0 Å². The van der Waals surface area contributed by atoms with Crippen LogP contribution in [0.4, 0.5) is 11.4 Å². The number of benzene rings is 2. The van der Waals surface area contributed by atoms with E-state index in [0.29, 0.717) is 33.7 Å². The van der Waals surface area contributed by atoms with E-state index in [1.165, 1.54) is 9.70 Å². The van der Waals surface area contributed by atoms with E-state index in [4.69, 9.17) is 4.74 Å². The Bertz CT molecular complexity index is 1010. The van der Waals surface area contributed by atoms with E-state index in [1.807, 2.05) is 6.07 Å². The van der Waals surface area contributed by atoms with Crippen molar-refractivity contribution < 1.29 is 14.3 Å². The molecule has 0 bridgehead atoms. The zero-order valence-corrected chi connectivity index (χ0v) is 13.7. The lowest BCUT2D eigenvalue weighted by Crippen LogP contribution is -2.35. The summed E-state index contributed by atoms with van der Waals surface area (Å²) < 4.78 is 5.38. The highest BCUT2D eigenvalue weighted by molar-refractivity contribution is 6.09. The van der Waals surface area contributed by atoms with Crippen LogP contribution in [0.2, 0.25) is 0 Å². The summed E-state index contributed by atoms with van der Waals surface area (Å²) in [6.07, 6.45) is 0. The second-order valence-electron chi connectivity index (χ2n) is 5.74. The Morgan fingerprint density at radius 1 is 1.20 bits per heavy atom.